The normalized spacial score (nSPS) is 11.8. The molecule has 0 aliphatic heterocycles. The summed E-state index contributed by atoms with van der Waals surface area (Å²) in [4.78, 5) is 10.2. The first-order valence-electron chi connectivity index (χ1n) is 6.71. The summed E-state index contributed by atoms with van der Waals surface area (Å²) in [6, 6.07) is 0. The Morgan fingerprint density at radius 1 is 0.611 bits per heavy atom. The summed E-state index contributed by atoms with van der Waals surface area (Å²) in [5, 5.41) is 0. The van der Waals surface area contributed by atoms with Gasteiger partial charge in [0.2, 0.25) is 0 Å². The van der Waals surface area contributed by atoms with Crippen LogP contribution in [0.5, 0.6) is 0 Å². The highest BCUT2D eigenvalue weighted by Crippen LogP contribution is 2.14. The van der Waals surface area contributed by atoms with E-state index in [1.807, 2.05) is 41.5 Å². The average molecular weight is 256 g/mol. The third kappa shape index (κ3) is 24.6. The van der Waals surface area contributed by atoms with Crippen LogP contribution in [0.3, 0.4) is 0 Å². The molecular formula is C16H32O2. The zero-order chi connectivity index (χ0) is 15.0. The fraction of sp³-hybridized carbons (Fsp3) is 0.875. The topological polar surface area (TPSA) is 18.5 Å². The second kappa shape index (κ2) is 8.56. The van der Waals surface area contributed by atoms with Gasteiger partial charge in [0.25, 0.3) is 0 Å². The minimum Gasteiger partial charge on any atom is -0.230 e. The van der Waals surface area contributed by atoms with Crippen molar-refractivity contribution < 1.29 is 9.78 Å². The minimum absolute atomic E-state index is 0.215. The van der Waals surface area contributed by atoms with Crippen molar-refractivity contribution in [1.29, 1.82) is 0 Å². The molecule has 0 unspecified atom stereocenters. The highest BCUT2D eigenvalue weighted by molar-refractivity contribution is 5.03. The van der Waals surface area contributed by atoms with Crippen molar-refractivity contribution in [2.75, 3.05) is 0 Å². The highest BCUT2D eigenvalue weighted by Gasteiger charge is 2.18. The molecule has 0 aromatic rings. The van der Waals surface area contributed by atoms with Crippen LogP contribution >= 0.6 is 0 Å². The first-order chi connectivity index (χ1) is 7.83. The van der Waals surface area contributed by atoms with Gasteiger partial charge in [-0.3, -0.25) is 0 Å². The van der Waals surface area contributed by atoms with Gasteiger partial charge in [-0.25, -0.2) is 9.78 Å². The molecule has 0 fully saturated rings. The summed E-state index contributed by atoms with van der Waals surface area (Å²) in [5.41, 5.74) is -0.430. The molecule has 2 heteroatoms. The molecule has 0 spiro atoms. The second-order valence-electron chi connectivity index (χ2n) is 6.99. The van der Waals surface area contributed by atoms with Crippen LogP contribution in [0.25, 0.3) is 0 Å². The van der Waals surface area contributed by atoms with Crippen molar-refractivity contribution in [1.82, 2.24) is 0 Å². The molecule has 0 saturated heterocycles. The van der Waals surface area contributed by atoms with Crippen LogP contribution in [0.2, 0.25) is 0 Å². The predicted molar refractivity (Wildman–Crippen MR) is 79.1 cm³/mol. The third-order valence-electron chi connectivity index (χ3n) is 1.20. The van der Waals surface area contributed by atoms with E-state index in [1.165, 1.54) is 0 Å². The quantitative estimate of drug-likeness (QED) is 0.380. The summed E-state index contributed by atoms with van der Waals surface area (Å²) in [6.45, 7) is 20.2. The number of hydrogen-bond donors (Lipinski definition) is 0. The van der Waals surface area contributed by atoms with Gasteiger partial charge in [0.05, 0.1) is 11.2 Å². The maximum absolute atomic E-state index is 5.09. The van der Waals surface area contributed by atoms with E-state index >= 15 is 0 Å². The standard InChI is InChI=1S/C8H18O2.C8H14/c1-7(2,3)9-10-8(4,5)6;1-7(2)5-6-8(3)4/h1-6H3;7-8H,1-4H3. The van der Waals surface area contributed by atoms with E-state index < -0.39 is 0 Å². The molecule has 0 N–H and O–H groups in total. The molecule has 0 aromatic carbocycles. The van der Waals surface area contributed by atoms with Crippen LogP contribution in [0.15, 0.2) is 0 Å². The zero-order valence-electron chi connectivity index (χ0n) is 14.0. The van der Waals surface area contributed by atoms with Crippen molar-refractivity contribution in [3.05, 3.63) is 0 Å². The third-order valence-corrected chi connectivity index (χ3v) is 1.20. The Bertz CT molecular complexity index is 228. The molecule has 0 aromatic heterocycles. The van der Waals surface area contributed by atoms with E-state index in [0.717, 1.165) is 0 Å². The SMILES string of the molecule is CC(C)(C)OOC(C)(C)C.CC(C)C#CC(C)C. The Balaban J connectivity index is 0. The molecule has 108 valence electrons. The van der Waals surface area contributed by atoms with Gasteiger partial charge in [-0.05, 0) is 41.5 Å². The number of hydrogen-bond acceptors (Lipinski definition) is 2. The van der Waals surface area contributed by atoms with Crippen molar-refractivity contribution in [2.24, 2.45) is 11.8 Å². The van der Waals surface area contributed by atoms with Crippen LogP contribution < -0.4 is 0 Å². The summed E-state index contributed by atoms with van der Waals surface area (Å²) in [7, 11) is 0. The van der Waals surface area contributed by atoms with E-state index in [-0.39, 0.29) is 11.2 Å². The van der Waals surface area contributed by atoms with Gasteiger partial charge >= 0.3 is 0 Å². The monoisotopic (exact) mass is 256 g/mol. The summed E-state index contributed by atoms with van der Waals surface area (Å²) in [6.07, 6.45) is 0. The largest absolute Gasteiger partial charge is 0.230 e. The number of rotatable bonds is 1. The van der Waals surface area contributed by atoms with Gasteiger partial charge in [0.1, 0.15) is 0 Å². The molecule has 0 amide bonds. The zero-order valence-corrected chi connectivity index (χ0v) is 14.0. The molecule has 2 nitrogen and oxygen atoms in total. The molecule has 18 heavy (non-hydrogen) atoms. The van der Waals surface area contributed by atoms with Crippen molar-refractivity contribution in [3.8, 4) is 11.8 Å². The lowest BCUT2D eigenvalue weighted by Gasteiger charge is -2.24. The first-order valence-corrected chi connectivity index (χ1v) is 6.71. The average Bonchev–Trinajstić information content (AvgIpc) is 2.10. The molecule has 0 aliphatic rings. The van der Waals surface area contributed by atoms with E-state index in [4.69, 9.17) is 9.78 Å². The highest BCUT2D eigenvalue weighted by atomic mass is 17.2. The van der Waals surface area contributed by atoms with Gasteiger partial charge in [-0.2, -0.15) is 0 Å². The van der Waals surface area contributed by atoms with E-state index in [9.17, 15) is 0 Å². The van der Waals surface area contributed by atoms with Crippen molar-refractivity contribution >= 4 is 0 Å². The Labute approximate surface area is 114 Å². The van der Waals surface area contributed by atoms with Gasteiger partial charge in [-0.1, -0.05) is 27.7 Å². The Hall–Kier alpha value is -0.520. The van der Waals surface area contributed by atoms with E-state index in [2.05, 4.69) is 39.5 Å². The van der Waals surface area contributed by atoms with Crippen LogP contribution in [0.1, 0.15) is 69.2 Å². The molecule has 0 atom stereocenters. The van der Waals surface area contributed by atoms with Crippen molar-refractivity contribution in [2.45, 2.75) is 80.4 Å². The van der Waals surface area contributed by atoms with Crippen LogP contribution in [-0.4, -0.2) is 11.2 Å². The molecule has 0 bridgehead atoms. The predicted octanol–water partition coefficient (Wildman–Crippen LogP) is 4.83. The van der Waals surface area contributed by atoms with Crippen molar-refractivity contribution in [3.63, 3.8) is 0 Å². The second-order valence-corrected chi connectivity index (χ2v) is 6.99. The molecular weight excluding hydrogens is 224 g/mol. The molecule has 0 aliphatic carbocycles. The Morgan fingerprint density at radius 2 is 0.833 bits per heavy atom. The summed E-state index contributed by atoms with van der Waals surface area (Å²) in [5.74, 6) is 7.24. The summed E-state index contributed by atoms with van der Waals surface area (Å²) >= 11 is 0. The minimum atomic E-state index is -0.215. The summed E-state index contributed by atoms with van der Waals surface area (Å²) < 4.78 is 0. The van der Waals surface area contributed by atoms with Crippen LogP contribution in [-0.2, 0) is 9.78 Å². The van der Waals surface area contributed by atoms with Crippen LogP contribution in [0.4, 0.5) is 0 Å². The van der Waals surface area contributed by atoms with Gasteiger partial charge in [0, 0.05) is 11.8 Å². The van der Waals surface area contributed by atoms with E-state index in [0.29, 0.717) is 11.8 Å². The Kier molecular flexibility index (Phi) is 9.42. The maximum Gasteiger partial charge on any atom is 0.0952 e. The molecule has 0 heterocycles. The lowest BCUT2D eigenvalue weighted by molar-refractivity contribution is -0.393. The van der Waals surface area contributed by atoms with Gasteiger partial charge < -0.3 is 0 Å². The van der Waals surface area contributed by atoms with Gasteiger partial charge in [-0.15, -0.1) is 11.8 Å². The molecule has 0 rings (SSSR count). The lowest BCUT2D eigenvalue weighted by atomic mass is 10.2. The van der Waals surface area contributed by atoms with Gasteiger partial charge in [0.15, 0.2) is 0 Å². The fourth-order valence-electron chi connectivity index (χ4n) is 0.583. The fourth-order valence-corrected chi connectivity index (χ4v) is 0.583. The molecule has 0 radical (unpaired) electrons. The maximum atomic E-state index is 5.09. The molecule has 0 saturated carbocycles. The Morgan fingerprint density at radius 3 is 0.944 bits per heavy atom. The van der Waals surface area contributed by atoms with Crippen LogP contribution in [0, 0.1) is 23.7 Å². The lowest BCUT2D eigenvalue weighted by Crippen LogP contribution is -2.27. The van der Waals surface area contributed by atoms with E-state index in [1.54, 1.807) is 0 Å². The first kappa shape index (κ1) is 19.8. The smallest absolute Gasteiger partial charge is 0.0952 e.